The number of piperidine rings is 1. The standard InChI is InChI=1S/C19H20FNO3.C3H8O.C3H6O.ClH/c20-15-3-1-13(2-4-15)17-7-8-21-10-14(17)11-22-16-5-6-18-19(9-16)24-12-23-18;2*1-3(2)4;/h1-6,9,14,17,21H,7-8,10-12H2;3-4H,1-2H3;1-2H3;1H/t14-,17-;;;/m0.../s1. The highest BCUT2D eigenvalue weighted by Gasteiger charge is 2.27. The number of hydrogen-bond donors (Lipinski definition) is 2. The number of benzene rings is 2. The van der Waals surface area contributed by atoms with Crippen LogP contribution in [0.4, 0.5) is 4.39 Å². The number of aliphatic hydroxyl groups excluding tert-OH is 1. The topological polar surface area (TPSA) is 77.0 Å². The van der Waals surface area contributed by atoms with Crippen molar-refractivity contribution >= 4 is 18.2 Å². The van der Waals surface area contributed by atoms with Crippen LogP contribution in [0.5, 0.6) is 17.2 Å². The van der Waals surface area contributed by atoms with E-state index >= 15 is 0 Å². The third-order valence-corrected chi connectivity index (χ3v) is 4.71. The zero-order chi connectivity index (χ0) is 23.5. The molecule has 2 aliphatic rings. The number of nitrogens with one attached hydrogen (secondary N) is 1. The highest BCUT2D eigenvalue weighted by molar-refractivity contribution is 5.85. The average Bonchev–Trinajstić information content (AvgIpc) is 3.20. The van der Waals surface area contributed by atoms with E-state index in [9.17, 15) is 9.18 Å². The average molecular weight is 484 g/mol. The summed E-state index contributed by atoms with van der Waals surface area (Å²) < 4.78 is 29.9. The number of Topliss-reactive ketones (excluding diaryl/α,β-unsaturated/α-hetero) is 1. The van der Waals surface area contributed by atoms with Crippen LogP contribution < -0.4 is 19.5 Å². The summed E-state index contributed by atoms with van der Waals surface area (Å²) in [6.07, 6.45) is 0.862. The summed E-state index contributed by atoms with van der Waals surface area (Å²) in [5, 5.41) is 11.5. The largest absolute Gasteiger partial charge is 0.493 e. The van der Waals surface area contributed by atoms with Gasteiger partial charge in [0.2, 0.25) is 6.79 Å². The van der Waals surface area contributed by atoms with Crippen LogP contribution in [0.1, 0.15) is 45.6 Å². The molecule has 2 atom stereocenters. The van der Waals surface area contributed by atoms with Crippen LogP contribution >= 0.6 is 12.4 Å². The molecule has 0 aromatic heterocycles. The molecule has 0 radical (unpaired) electrons. The van der Waals surface area contributed by atoms with Crippen LogP contribution in [0.15, 0.2) is 42.5 Å². The highest BCUT2D eigenvalue weighted by Crippen LogP contribution is 2.36. The molecule has 1 fully saturated rings. The lowest BCUT2D eigenvalue weighted by Gasteiger charge is -2.32. The van der Waals surface area contributed by atoms with Crippen LogP contribution in [0, 0.1) is 11.7 Å². The van der Waals surface area contributed by atoms with Crippen molar-refractivity contribution in [2.45, 2.75) is 46.1 Å². The fourth-order valence-electron chi connectivity index (χ4n) is 3.42. The first-order chi connectivity index (χ1) is 15.3. The van der Waals surface area contributed by atoms with Crippen molar-refractivity contribution in [2.24, 2.45) is 5.92 Å². The minimum absolute atomic E-state index is 0. The molecule has 33 heavy (non-hydrogen) atoms. The maximum atomic E-state index is 13.2. The van der Waals surface area contributed by atoms with Gasteiger partial charge < -0.3 is 29.4 Å². The van der Waals surface area contributed by atoms with Crippen molar-refractivity contribution in [2.75, 3.05) is 26.5 Å². The number of rotatable bonds is 4. The Labute approximate surface area is 201 Å². The molecule has 0 amide bonds. The number of hydrogen-bond acceptors (Lipinski definition) is 6. The van der Waals surface area contributed by atoms with E-state index in [1.54, 1.807) is 13.8 Å². The summed E-state index contributed by atoms with van der Waals surface area (Å²) in [6.45, 7) is 9.24. The molecule has 0 aliphatic carbocycles. The second-order valence-corrected chi connectivity index (χ2v) is 8.24. The predicted molar refractivity (Wildman–Crippen MR) is 129 cm³/mol. The van der Waals surface area contributed by atoms with Gasteiger partial charge in [-0.3, -0.25) is 0 Å². The number of halogens is 2. The summed E-state index contributed by atoms with van der Waals surface area (Å²) in [7, 11) is 0. The van der Waals surface area contributed by atoms with Crippen molar-refractivity contribution < 1.29 is 28.5 Å². The van der Waals surface area contributed by atoms with E-state index in [2.05, 4.69) is 5.32 Å². The van der Waals surface area contributed by atoms with Gasteiger partial charge in [-0.2, -0.15) is 0 Å². The molecule has 0 unspecified atom stereocenters. The molecule has 0 saturated carbocycles. The smallest absolute Gasteiger partial charge is 0.231 e. The number of aliphatic hydroxyl groups is 1. The maximum absolute atomic E-state index is 13.2. The van der Waals surface area contributed by atoms with Gasteiger partial charge in [-0.1, -0.05) is 12.1 Å². The van der Waals surface area contributed by atoms with Gasteiger partial charge in [0.1, 0.15) is 17.3 Å². The number of carbonyl (C=O) groups is 1. The summed E-state index contributed by atoms with van der Waals surface area (Å²) in [5.41, 5.74) is 1.18. The van der Waals surface area contributed by atoms with E-state index in [0.29, 0.717) is 18.4 Å². The Balaban J connectivity index is 0.000000529. The van der Waals surface area contributed by atoms with E-state index in [0.717, 1.165) is 36.8 Å². The Morgan fingerprint density at radius 2 is 1.76 bits per heavy atom. The lowest BCUT2D eigenvalue weighted by Crippen LogP contribution is -2.38. The molecule has 1 saturated heterocycles. The maximum Gasteiger partial charge on any atom is 0.231 e. The van der Waals surface area contributed by atoms with E-state index in [1.807, 2.05) is 30.3 Å². The van der Waals surface area contributed by atoms with Crippen molar-refractivity contribution in [1.82, 2.24) is 5.32 Å². The van der Waals surface area contributed by atoms with Gasteiger partial charge in [0, 0.05) is 24.6 Å². The summed E-state index contributed by atoms with van der Waals surface area (Å²) >= 11 is 0. The second-order valence-electron chi connectivity index (χ2n) is 8.24. The minimum Gasteiger partial charge on any atom is -0.493 e. The normalized spacial score (nSPS) is 18.2. The Kier molecular flexibility index (Phi) is 12.8. The molecule has 184 valence electrons. The molecule has 2 aromatic carbocycles. The number of ketones is 1. The Morgan fingerprint density at radius 3 is 2.39 bits per heavy atom. The Hall–Kier alpha value is -2.35. The Bertz CT molecular complexity index is 840. The van der Waals surface area contributed by atoms with Crippen molar-refractivity contribution in [1.29, 1.82) is 0 Å². The van der Waals surface area contributed by atoms with Crippen molar-refractivity contribution in [3.8, 4) is 17.2 Å². The monoisotopic (exact) mass is 483 g/mol. The molecule has 8 heteroatoms. The highest BCUT2D eigenvalue weighted by atomic mass is 35.5. The summed E-state index contributed by atoms with van der Waals surface area (Å²) in [6, 6.07) is 12.5. The fourth-order valence-corrected chi connectivity index (χ4v) is 3.42. The van der Waals surface area contributed by atoms with Crippen LogP contribution in [0.3, 0.4) is 0 Å². The molecule has 2 aromatic rings. The van der Waals surface area contributed by atoms with Crippen molar-refractivity contribution in [3.05, 3.63) is 53.8 Å². The van der Waals surface area contributed by atoms with Crippen LogP contribution in [-0.2, 0) is 4.79 Å². The van der Waals surface area contributed by atoms with Crippen LogP contribution in [-0.4, -0.2) is 43.5 Å². The molecular weight excluding hydrogens is 449 g/mol. The van der Waals surface area contributed by atoms with Gasteiger partial charge in [-0.25, -0.2) is 4.39 Å². The molecule has 2 aliphatic heterocycles. The molecule has 0 spiro atoms. The zero-order valence-corrected chi connectivity index (χ0v) is 20.5. The second kappa shape index (κ2) is 14.7. The third kappa shape index (κ3) is 10.4. The number of carbonyl (C=O) groups excluding carboxylic acids is 1. The van der Waals surface area contributed by atoms with Crippen LogP contribution in [0.2, 0.25) is 0 Å². The van der Waals surface area contributed by atoms with Gasteiger partial charge in [0.25, 0.3) is 0 Å². The van der Waals surface area contributed by atoms with Gasteiger partial charge >= 0.3 is 0 Å². The molecule has 4 rings (SSSR count). The number of ether oxygens (including phenoxy) is 3. The SMILES string of the molecule is CC(C)=O.CC(C)O.Cl.Fc1ccc([C@@H]2CCNC[C@H]2COc2ccc3c(c2)OCO3)cc1. The predicted octanol–water partition coefficient (Wildman–Crippen LogP) is 4.73. The summed E-state index contributed by atoms with van der Waals surface area (Å²) in [4.78, 5) is 9.44. The molecular formula is C25H35ClFNO5. The van der Waals surface area contributed by atoms with Crippen LogP contribution in [0.25, 0.3) is 0 Å². The summed E-state index contributed by atoms with van der Waals surface area (Å²) in [5.74, 6) is 2.95. The molecule has 2 N–H and O–H groups in total. The van der Waals surface area contributed by atoms with E-state index < -0.39 is 0 Å². The van der Waals surface area contributed by atoms with E-state index in [4.69, 9.17) is 19.3 Å². The minimum atomic E-state index is -0.194. The molecule has 6 nitrogen and oxygen atoms in total. The number of fused-ring (bicyclic) bond motifs is 1. The van der Waals surface area contributed by atoms with Gasteiger partial charge in [0.05, 0.1) is 6.61 Å². The van der Waals surface area contributed by atoms with E-state index in [1.165, 1.54) is 31.5 Å². The third-order valence-electron chi connectivity index (χ3n) is 4.71. The van der Waals surface area contributed by atoms with E-state index in [-0.39, 0.29) is 36.9 Å². The first-order valence-corrected chi connectivity index (χ1v) is 10.9. The first kappa shape index (κ1) is 28.7. The first-order valence-electron chi connectivity index (χ1n) is 10.9. The van der Waals surface area contributed by atoms with Gasteiger partial charge in [-0.15, -0.1) is 12.4 Å². The lowest BCUT2D eigenvalue weighted by molar-refractivity contribution is -0.115. The zero-order valence-electron chi connectivity index (χ0n) is 19.7. The lowest BCUT2D eigenvalue weighted by atomic mass is 9.81. The Morgan fingerprint density at radius 1 is 1.15 bits per heavy atom. The molecule has 0 bridgehead atoms. The van der Waals surface area contributed by atoms with Gasteiger partial charge in [0.15, 0.2) is 11.5 Å². The quantitative estimate of drug-likeness (QED) is 0.654. The molecule has 2 heterocycles. The van der Waals surface area contributed by atoms with Crippen molar-refractivity contribution in [3.63, 3.8) is 0 Å². The van der Waals surface area contributed by atoms with Gasteiger partial charge in [-0.05, 0) is 76.4 Å². The fraction of sp³-hybridized carbons (Fsp3) is 0.480.